The fraction of sp³-hybridized carbons (Fsp3) is 0.647. The Morgan fingerprint density at radius 2 is 1.92 bits per heavy atom. The number of rotatable bonds is 7. The first kappa shape index (κ1) is 20.9. The van der Waals surface area contributed by atoms with Crippen molar-refractivity contribution >= 4 is 35.6 Å². The second-order valence-corrected chi connectivity index (χ2v) is 7.08. The largest absolute Gasteiger partial charge is 0.353 e. The van der Waals surface area contributed by atoms with Crippen LogP contribution >= 0.6 is 23.7 Å². The van der Waals surface area contributed by atoms with E-state index in [0.29, 0.717) is 17.5 Å². The number of carbonyl (C=O) groups excluding carboxylic acids is 2. The van der Waals surface area contributed by atoms with Gasteiger partial charge < -0.3 is 15.5 Å². The molecule has 0 aliphatic heterocycles. The normalized spacial score (nSPS) is 15.2. The Morgan fingerprint density at radius 1 is 1.21 bits per heavy atom. The zero-order valence-corrected chi connectivity index (χ0v) is 15.9. The highest BCUT2D eigenvalue weighted by Crippen LogP contribution is 2.16. The van der Waals surface area contributed by atoms with Gasteiger partial charge in [0, 0.05) is 26.2 Å². The maximum Gasteiger partial charge on any atom is 0.264 e. The van der Waals surface area contributed by atoms with Crippen molar-refractivity contribution in [2.24, 2.45) is 0 Å². The van der Waals surface area contributed by atoms with Gasteiger partial charge in [-0.3, -0.25) is 9.59 Å². The lowest BCUT2D eigenvalue weighted by molar-refractivity contribution is -0.121. The standard InChI is InChI=1S/C17H27N3O2S.ClH/c1-20(17(22)15-9-6-12-23-15)13-16(21)19-11-10-18-14-7-4-2-3-5-8-14;/h6,9,12,14,18H,2-5,7-8,10-11,13H2,1H3,(H,19,21);1H. The quantitative estimate of drug-likeness (QED) is 0.570. The van der Waals surface area contributed by atoms with Crippen molar-refractivity contribution in [1.82, 2.24) is 15.5 Å². The summed E-state index contributed by atoms with van der Waals surface area (Å²) in [6, 6.07) is 4.21. The molecular weight excluding hydrogens is 346 g/mol. The second kappa shape index (κ2) is 11.4. The summed E-state index contributed by atoms with van der Waals surface area (Å²) >= 11 is 1.39. The number of hydrogen-bond donors (Lipinski definition) is 2. The molecule has 1 aromatic rings. The molecule has 5 nitrogen and oxygen atoms in total. The van der Waals surface area contributed by atoms with E-state index in [1.165, 1.54) is 54.8 Å². The average Bonchev–Trinajstić information content (AvgIpc) is 2.95. The summed E-state index contributed by atoms with van der Waals surface area (Å²) in [5.41, 5.74) is 0. The van der Waals surface area contributed by atoms with E-state index in [-0.39, 0.29) is 30.8 Å². The van der Waals surface area contributed by atoms with Gasteiger partial charge in [0.1, 0.15) is 0 Å². The van der Waals surface area contributed by atoms with Gasteiger partial charge in [0.25, 0.3) is 5.91 Å². The van der Waals surface area contributed by atoms with Crippen molar-refractivity contribution < 1.29 is 9.59 Å². The molecule has 136 valence electrons. The van der Waals surface area contributed by atoms with E-state index in [4.69, 9.17) is 0 Å². The van der Waals surface area contributed by atoms with Gasteiger partial charge >= 0.3 is 0 Å². The number of amides is 2. The van der Waals surface area contributed by atoms with Crippen molar-refractivity contribution in [3.63, 3.8) is 0 Å². The first-order chi connectivity index (χ1) is 11.2. The van der Waals surface area contributed by atoms with E-state index in [0.717, 1.165) is 6.54 Å². The monoisotopic (exact) mass is 373 g/mol. The molecule has 0 saturated heterocycles. The van der Waals surface area contributed by atoms with Crippen LogP contribution in [0, 0.1) is 0 Å². The van der Waals surface area contributed by atoms with Crippen LogP contribution in [0.4, 0.5) is 0 Å². The molecule has 0 spiro atoms. The van der Waals surface area contributed by atoms with Gasteiger partial charge in [-0.05, 0) is 24.3 Å². The SMILES string of the molecule is CN(CC(=O)NCCNC1CCCCCC1)C(=O)c1cccs1.Cl. The number of nitrogens with one attached hydrogen (secondary N) is 2. The minimum atomic E-state index is -0.111. The summed E-state index contributed by atoms with van der Waals surface area (Å²) in [7, 11) is 1.66. The predicted molar refractivity (Wildman–Crippen MR) is 101 cm³/mol. The van der Waals surface area contributed by atoms with Crippen LogP contribution in [0.3, 0.4) is 0 Å². The summed E-state index contributed by atoms with van der Waals surface area (Å²) in [6.07, 6.45) is 7.79. The Labute approximate surface area is 154 Å². The summed E-state index contributed by atoms with van der Waals surface area (Å²) < 4.78 is 0. The molecular formula is C17H28ClN3O2S. The van der Waals surface area contributed by atoms with Gasteiger partial charge in [-0.15, -0.1) is 23.7 Å². The van der Waals surface area contributed by atoms with Crippen LogP contribution in [0.25, 0.3) is 0 Å². The molecule has 1 aliphatic carbocycles. The number of carbonyl (C=O) groups is 2. The van der Waals surface area contributed by atoms with Crippen molar-refractivity contribution in [2.45, 2.75) is 44.6 Å². The minimum Gasteiger partial charge on any atom is -0.353 e. The van der Waals surface area contributed by atoms with E-state index < -0.39 is 0 Å². The lowest BCUT2D eigenvalue weighted by atomic mass is 10.1. The minimum absolute atomic E-state index is 0. The first-order valence-corrected chi connectivity index (χ1v) is 9.34. The lowest BCUT2D eigenvalue weighted by Gasteiger charge is -2.18. The fourth-order valence-electron chi connectivity index (χ4n) is 2.89. The fourth-order valence-corrected chi connectivity index (χ4v) is 3.61. The lowest BCUT2D eigenvalue weighted by Crippen LogP contribution is -2.41. The molecule has 2 N–H and O–H groups in total. The molecule has 0 bridgehead atoms. The van der Waals surface area contributed by atoms with E-state index in [2.05, 4.69) is 10.6 Å². The molecule has 0 aromatic carbocycles. The molecule has 1 heterocycles. The van der Waals surface area contributed by atoms with E-state index in [9.17, 15) is 9.59 Å². The Bertz CT molecular complexity index is 488. The van der Waals surface area contributed by atoms with Gasteiger partial charge in [-0.1, -0.05) is 31.7 Å². The Morgan fingerprint density at radius 3 is 2.54 bits per heavy atom. The summed E-state index contributed by atoms with van der Waals surface area (Å²) in [4.78, 5) is 26.1. The molecule has 2 amide bonds. The van der Waals surface area contributed by atoms with Gasteiger partial charge in [0.15, 0.2) is 0 Å². The first-order valence-electron chi connectivity index (χ1n) is 8.46. The van der Waals surface area contributed by atoms with Crippen LogP contribution in [0.5, 0.6) is 0 Å². The molecule has 1 fully saturated rings. The van der Waals surface area contributed by atoms with Crippen LogP contribution in [-0.2, 0) is 4.79 Å². The maximum atomic E-state index is 12.1. The third-order valence-electron chi connectivity index (χ3n) is 4.19. The van der Waals surface area contributed by atoms with E-state index in [1.54, 1.807) is 13.1 Å². The summed E-state index contributed by atoms with van der Waals surface area (Å²) in [6.45, 7) is 1.50. The number of thiophene rings is 1. The third kappa shape index (κ3) is 7.20. The van der Waals surface area contributed by atoms with Crippen LogP contribution in [0.2, 0.25) is 0 Å². The molecule has 1 aliphatic rings. The molecule has 0 unspecified atom stereocenters. The van der Waals surface area contributed by atoms with Crippen LogP contribution in [0.1, 0.15) is 48.2 Å². The predicted octanol–water partition coefficient (Wildman–Crippen LogP) is 2.67. The Hall–Kier alpha value is -1.11. The Kier molecular flexibility index (Phi) is 9.98. The Balaban J connectivity index is 0.00000288. The topological polar surface area (TPSA) is 61.4 Å². The van der Waals surface area contributed by atoms with Crippen molar-refractivity contribution in [3.05, 3.63) is 22.4 Å². The highest BCUT2D eigenvalue weighted by atomic mass is 35.5. The number of nitrogens with zero attached hydrogens (tertiary/aromatic N) is 1. The van der Waals surface area contributed by atoms with Crippen LogP contribution in [0.15, 0.2) is 17.5 Å². The van der Waals surface area contributed by atoms with Crippen molar-refractivity contribution in [2.75, 3.05) is 26.7 Å². The zero-order valence-electron chi connectivity index (χ0n) is 14.3. The molecule has 0 atom stereocenters. The van der Waals surface area contributed by atoms with Gasteiger partial charge in [-0.25, -0.2) is 0 Å². The maximum absolute atomic E-state index is 12.1. The number of hydrogen-bond acceptors (Lipinski definition) is 4. The molecule has 7 heteroatoms. The third-order valence-corrected chi connectivity index (χ3v) is 5.05. The molecule has 24 heavy (non-hydrogen) atoms. The van der Waals surface area contributed by atoms with E-state index >= 15 is 0 Å². The zero-order chi connectivity index (χ0) is 16.5. The van der Waals surface area contributed by atoms with Gasteiger partial charge in [0.05, 0.1) is 11.4 Å². The van der Waals surface area contributed by atoms with Gasteiger partial charge in [0.2, 0.25) is 5.91 Å². The smallest absolute Gasteiger partial charge is 0.264 e. The molecule has 1 aromatic heterocycles. The highest BCUT2D eigenvalue weighted by molar-refractivity contribution is 7.12. The summed E-state index contributed by atoms with van der Waals surface area (Å²) in [5, 5.41) is 8.26. The molecule has 0 radical (unpaired) electrons. The van der Waals surface area contributed by atoms with Crippen molar-refractivity contribution in [3.8, 4) is 0 Å². The number of likely N-dealkylation sites (N-methyl/N-ethyl adjacent to an activating group) is 1. The van der Waals surface area contributed by atoms with Crippen molar-refractivity contribution in [1.29, 1.82) is 0 Å². The number of halogens is 1. The summed E-state index contributed by atoms with van der Waals surface area (Å²) in [5.74, 6) is -0.216. The highest BCUT2D eigenvalue weighted by Gasteiger charge is 2.15. The van der Waals surface area contributed by atoms with E-state index in [1.807, 2.05) is 11.4 Å². The second-order valence-electron chi connectivity index (χ2n) is 6.13. The molecule has 2 rings (SSSR count). The van der Waals surface area contributed by atoms with Crippen LogP contribution in [-0.4, -0.2) is 49.4 Å². The van der Waals surface area contributed by atoms with Crippen LogP contribution < -0.4 is 10.6 Å². The van der Waals surface area contributed by atoms with Gasteiger partial charge in [-0.2, -0.15) is 0 Å². The average molecular weight is 374 g/mol. The molecule has 1 saturated carbocycles.